The van der Waals surface area contributed by atoms with Crippen molar-refractivity contribution >= 4 is 41.1 Å². The zero-order valence-electron chi connectivity index (χ0n) is 18.5. The number of aromatic nitrogens is 1. The Morgan fingerprint density at radius 2 is 1.88 bits per heavy atom. The lowest BCUT2D eigenvalue weighted by Crippen LogP contribution is -2.46. The fourth-order valence-corrected chi connectivity index (χ4v) is 4.97. The van der Waals surface area contributed by atoms with E-state index in [1.54, 1.807) is 50.6 Å². The van der Waals surface area contributed by atoms with E-state index in [2.05, 4.69) is 15.6 Å². The number of nitrogens with one attached hydrogen (secondary N) is 2. The number of ether oxygens (including phenoxy) is 3. The Kier molecular flexibility index (Phi) is 8.72. The van der Waals surface area contributed by atoms with Gasteiger partial charge in [-0.2, -0.15) is 0 Å². The molecule has 1 aromatic heterocycles. The molecule has 11 heteroatoms. The van der Waals surface area contributed by atoms with E-state index in [0.29, 0.717) is 39.4 Å². The van der Waals surface area contributed by atoms with Crippen molar-refractivity contribution < 1.29 is 28.6 Å². The average Bonchev–Trinajstić information content (AvgIpc) is 3.24. The van der Waals surface area contributed by atoms with Gasteiger partial charge in [0.2, 0.25) is 0 Å². The highest BCUT2D eigenvalue weighted by atomic mass is 32.2. The molecule has 0 spiro atoms. The Hall–Kier alpha value is -3.05. The molecule has 3 rings (SSSR count). The molecule has 0 saturated carbocycles. The number of hydrogen-bond donors (Lipinski definition) is 2. The minimum Gasteiger partial charge on any atom is -0.497 e. The number of hydrogen-bond acceptors (Lipinski definition) is 9. The highest BCUT2D eigenvalue weighted by Crippen LogP contribution is 2.32. The Labute approximate surface area is 199 Å². The molecule has 1 atom stereocenters. The van der Waals surface area contributed by atoms with Crippen LogP contribution in [0.2, 0.25) is 0 Å². The van der Waals surface area contributed by atoms with Gasteiger partial charge in [0, 0.05) is 16.8 Å². The minimum absolute atomic E-state index is 0.0991. The number of esters is 2. The van der Waals surface area contributed by atoms with E-state index < -0.39 is 18.0 Å². The van der Waals surface area contributed by atoms with Gasteiger partial charge in [-0.1, -0.05) is 23.9 Å². The molecule has 0 saturated heterocycles. The number of urea groups is 1. The first-order chi connectivity index (χ1) is 15.9. The summed E-state index contributed by atoms with van der Waals surface area (Å²) >= 11 is 2.74. The fourth-order valence-electron chi connectivity index (χ4n) is 3.16. The molecule has 176 valence electrons. The van der Waals surface area contributed by atoms with E-state index in [4.69, 9.17) is 14.2 Å². The number of carbonyl (C=O) groups excluding carboxylic acids is 3. The Morgan fingerprint density at radius 3 is 2.55 bits per heavy atom. The standard InChI is InChI=1S/C22H25N3O6S2/c1-4-30-17(26)10-14-11-32-22(23-14)33-12-16-18(20(27)31-5-2)19(25-21(28)24-16)13-6-8-15(29-3)9-7-13/h6-9,11,19H,4-5,10,12H2,1-3H3,(H2,24,25,28)/t19-/m0/s1. The second kappa shape index (κ2) is 11.7. The quantitative estimate of drug-likeness (QED) is 0.385. The number of nitrogens with zero attached hydrogens (tertiary/aromatic N) is 1. The van der Waals surface area contributed by atoms with E-state index >= 15 is 0 Å². The summed E-state index contributed by atoms with van der Waals surface area (Å²) in [6.45, 7) is 4.00. The second-order valence-corrected chi connectivity index (χ2v) is 8.87. The van der Waals surface area contributed by atoms with Gasteiger partial charge in [0.25, 0.3) is 0 Å². The lowest BCUT2D eigenvalue weighted by Gasteiger charge is -2.29. The number of amides is 2. The predicted molar refractivity (Wildman–Crippen MR) is 124 cm³/mol. The van der Waals surface area contributed by atoms with Crippen molar-refractivity contribution in [3.63, 3.8) is 0 Å². The molecule has 0 bridgehead atoms. The number of thioether (sulfide) groups is 1. The number of thiazole rings is 1. The van der Waals surface area contributed by atoms with Crippen molar-refractivity contribution in [1.29, 1.82) is 0 Å². The van der Waals surface area contributed by atoms with Crippen molar-refractivity contribution in [1.82, 2.24) is 15.6 Å². The maximum Gasteiger partial charge on any atom is 0.338 e. The van der Waals surface area contributed by atoms with Crippen LogP contribution in [0, 0.1) is 0 Å². The molecule has 1 aromatic carbocycles. The molecule has 0 fully saturated rings. The highest BCUT2D eigenvalue weighted by molar-refractivity contribution is 8.01. The van der Waals surface area contributed by atoms with Crippen LogP contribution in [0.15, 0.2) is 45.3 Å². The minimum atomic E-state index is -0.671. The van der Waals surface area contributed by atoms with Crippen LogP contribution in [-0.4, -0.2) is 49.0 Å². The summed E-state index contributed by atoms with van der Waals surface area (Å²) in [4.78, 5) is 41.4. The number of benzene rings is 1. The third-order valence-electron chi connectivity index (χ3n) is 4.60. The van der Waals surface area contributed by atoms with E-state index in [1.165, 1.54) is 23.1 Å². The normalized spacial score (nSPS) is 15.5. The van der Waals surface area contributed by atoms with Crippen LogP contribution in [0.1, 0.15) is 31.1 Å². The van der Waals surface area contributed by atoms with Crippen LogP contribution in [0.4, 0.5) is 4.79 Å². The zero-order valence-corrected chi connectivity index (χ0v) is 20.1. The summed E-state index contributed by atoms with van der Waals surface area (Å²) in [5.74, 6) is 0.114. The molecule has 9 nitrogen and oxygen atoms in total. The SMILES string of the molecule is CCOC(=O)Cc1csc(SCC2=C(C(=O)OCC)[C@H](c3ccc(OC)cc3)NC(=O)N2)n1. The summed E-state index contributed by atoms with van der Waals surface area (Å²) in [6.07, 6.45) is 0.0991. The van der Waals surface area contributed by atoms with Crippen molar-refractivity contribution in [2.45, 2.75) is 30.6 Å². The summed E-state index contributed by atoms with van der Waals surface area (Å²) in [6, 6.07) is 6.03. The number of rotatable bonds is 10. The largest absolute Gasteiger partial charge is 0.497 e. The lowest BCUT2D eigenvalue weighted by molar-refractivity contribution is -0.142. The molecule has 0 aliphatic carbocycles. The van der Waals surface area contributed by atoms with Gasteiger partial charge >= 0.3 is 18.0 Å². The fraction of sp³-hybridized carbons (Fsp3) is 0.364. The first-order valence-electron chi connectivity index (χ1n) is 10.3. The molecule has 2 heterocycles. The van der Waals surface area contributed by atoms with Gasteiger partial charge in [-0.15, -0.1) is 11.3 Å². The van der Waals surface area contributed by atoms with Gasteiger partial charge < -0.3 is 24.8 Å². The first-order valence-corrected chi connectivity index (χ1v) is 12.2. The Balaban J connectivity index is 1.84. The van der Waals surface area contributed by atoms with Gasteiger partial charge in [0.1, 0.15) is 5.75 Å². The number of methoxy groups -OCH3 is 1. The highest BCUT2D eigenvalue weighted by Gasteiger charge is 2.33. The van der Waals surface area contributed by atoms with Crippen molar-refractivity contribution in [3.8, 4) is 5.75 Å². The maximum absolute atomic E-state index is 12.9. The molecule has 2 N–H and O–H groups in total. The van der Waals surface area contributed by atoms with Crippen LogP contribution in [-0.2, 0) is 25.5 Å². The molecule has 0 radical (unpaired) electrons. The molecule has 0 unspecified atom stereocenters. The van der Waals surface area contributed by atoms with Crippen molar-refractivity contribution in [3.05, 3.63) is 52.2 Å². The molecule has 2 amide bonds. The topological polar surface area (TPSA) is 116 Å². The summed E-state index contributed by atoms with van der Waals surface area (Å²) in [7, 11) is 1.57. The van der Waals surface area contributed by atoms with Crippen LogP contribution >= 0.6 is 23.1 Å². The zero-order chi connectivity index (χ0) is 23.8. The first kappa shape index (κ1) is 24.6. The molecular formula is C22H25N3O6S2. The van der Waals surface area contributed by atoms with Crippen LogP contribution in [0.25, 0.3) is 0 Å². The lowest BCUT2D eigenvalue weighted by atomic mass is 9.95. The van der Waals surface area contributed by atoms with Gasteiger partial charge in [0.15, 0.2) is 4.34 Å². The van der Waals surface area contributed by atoms with Gasteiger partial charge in [-0.25, -0.2) is 14.6 Å². The summed E-state index contributed by atoms with van der Waals surface area (Å²) in [5, 5.41) is 7.33. The predicted octanol–water partition coefficient (Wildman–Crippen LogP) is 3.22. The van der Waals surface area contributed by atoms with E-state index in [-0.39, 0.29) is 19.0 Å². The molecule has 2 aromatic rings. The summed E-state index contributed by atoms with van der Waals surface area (Å²) < 4.78 is 16.1. The monoisotopic (exact) mass is 491 g/mol. The molecule has 1 aliphatic heterocycles. The maximum atomic E-state index is 12.9. The Bertz CT molecular complexity index is 1040. The molecule has 33 heavy (non-hydrogen) atoms. The smallest absolute Gasteiger partial charge is 0.338 e. The van der Waals surface area contributed by atoms with Gasteiger partial charge in [-0.3, -0.25) is 4.79 Å². The third-order valence-corrected chi connectivity index (χ3v) is 6.70. The Morgan fingerprint density at radius 1 is 1.15 bits per heavy atom. The van der Waals surface area contributed by atoms with Crippen LogP contribution < -0.4 is 15.4 Å². The van der Waals surface area contributed by atoms with E-state index in [0.717, 1.165) is 5.56 Å². The molecular weight excluding hydrogens is 466 g/mol. The van der Waals surface area contributed by atoms with Crippen LogP contribution in [0.3, 0.4) is 0 Å². The van der Waals surface area contributed by atoms with Gasteiger partial charge in [-0.05, 0) is 31.5 Å². The summed E-state index contributed by atoms with van der Waals surface area (Å²) in [5.41, 5.74) is 2.12. The molecule has 1 aliphatic rings. The van der Waals surface area contributed by atoms with Crippen LogP contribution in [0.5, 0.6) is 5.75 Å². The third kappa shape index (κ3) is 6.48. The second-order valence-electron chi connectivity index (χ2n) is 6.79. The average molecular weight is 492 g/mol. The van der Waals surface area contributed by atoms with E-state index in [1.807, 2.05) is 0 Å². The van der Waals surface area contributed by atoms with Crippen molar-refractivity contribution in [2.24, 2.45) is 0 Å². The van der Waals surface area contributed by atoms with E-state index in [9.17, 15) is 14.4 Å². The van der Waals surface area contributed by atoms with Gasteiger partial charge in [0.05, 0.1) is 44.1 Å². The van der Waals surface area contributed by atoms with Crippen molar-refractivity contribution in [2.75, 3.05) is 26.1 Å². The number of carbonyl (C=O) groups is 3.